The highest BCUT2D eigenvalue weighted by Gasteiger charge is 2.20. The van der Waals surface area contributed by atoms with Crippen molar-refractivity contribution in [3.05, 3.63) is 81.9 Å². The normalized spacial score (nSPS) is 15.6. The molecule has 8 nitrogen and oxygen atoms in total. The van der Waals surface area contributed by atoms with Crippen molar-refractivity contribution in [1.29, 1.82) is 0 Å². The molecular weight excluding hydrogens is 457 g/mol. The Hall–Kier alpha value is -3.86. The number of rotatable bonds is 5. The summed E-state index contributed by atoms with van der Waals surface area (Å²) in [5, 5.41) is 22.4. The molecule has 2 aromatic heterocycles. The fourth-order valence-corrected chi connectivity index (χ4v) is 4.45. The van der Waals surface area contributed by atoms with Crippen LogP contribution in [0.4, 0.5) is 10.1 Å². The molecule has 0 saturated heterocycles. The molecule has 172 valence electrons. The largest absolute Gasteiger partial charge is 0.468 e. The number of allylic oxidation sites excluding steroid dienone is 2. The van der Waals surface area contributed by atoms with E-state index in [0.717, 1.165) is 5.39 Å². The summed E-state index contributed by atoms with van der Waals surface area (Å²) in [6.07, 6.45) is 3.82. The van der Waals surface area contributed by atoms with E-state index >= 15 is 4.39 Å². The first-order valence-corrected chi connectivity index (χ1v) is 11.3. The molecule has 0 spiro atoms. The van der Waals surface area contributed by atoms with E-state index in [9.17, 15) is 9.90 Å². The molecule has 1 amide bonds. The highest BCUT2D eigenvalue weighted by molar-refractivity contribution is 7.11. The van der Waals surface area contributed by atoms with E-state index < -0.39 is 18.0 Å². The lowest BCUT2D eigenvalue weighted by Crippen LogP contribution is -2.14. The maximum absolute atomic E-state index is 15.1. The molecule has 1 aliphatic rings. The van der Waals surface area contributed by atoms with E-state index in [0.29, 0.717) is 44.0 Å². The maximum Gasteiger partial charge on any atom is 0.275 e. The Balaban J connectivity index is 1.50. The summed E-state index contributed by atoms with van der Waals surface area (Å²) >= 11 is 1.27. The van der Waals surface area contributed by atoms with Crippen LogP contribution in [-0.4, -0.2) is 32.5 Å². The number of nitrogens with one attached hydrogen (secondary N) is 2. The summed E-state index contributed by atoms with van der Waals surface area (Å²) in [5.74, 6) is -0.885. The minimum absolute atomic E-state index is 0.0570. The second-order valence-corrected chi connectivity index (χ2v) is 8.64. The number of H-pyrrole nitrogens is 1. The predicted octanol–water partition coefficient (Wildman–Crippen LogP) is 4.17. The van der Waals surface area contributed by atoms with Crippen molar-refractivity contribution in [3.63, 3.8) is 0 Å². The summed E-state index contributed by atoms with van der Waals surface area (Å²) in [4.78, 5) is 17.5. The Morgan fingerprint density at radius 3 is 3.00 bits per heavy atom. The number of ether oxygens (including phenoxy) is 1. The number of thiazole rings is 1. The SMILES string of the molecule is CC1=CC(c2nc(C(=O)Nc3cc4[nH]ncc4cc3-c3cccc(CN)c3F)cs2)=COC1O. The van der Waals surface area contributed by atoms with Gasteiger partial charge in [-0.3, -0.25) is 9.89 Å². The minimum Gasteiger partial charge on any atom is -0.468 e. The Labute approximate surface area is 197 Å². The first kappa shape index (κ1) is 22.0. The molecule has 0 fully saturated rings. The quantitative estimate of drug-likeness (QED) is 0.342. The van der Waals surface area contributed by atoms with Crippen LogP contribution in [0.25, 0.3) is 27.6 Å². The number of nitrogens with two attached hydrogens (primary N) is 1. The number of aromatic amines is 1. The lowest BCUT2D eigenvalue weighted by atomic mass is 9.98. The standard InChI is InChI=1S/C24H20FN5O3S/c1-12-5-15(10-33-24(12)32)23-29-20(11-34-23)22(31)28-19-7-18-14(9-27-30-18)6-17(19)16-4-2-3-13(8-26)21(16)25/h2-7,9-11,24,32H,8,26H2,1H3,(H,27,30)(H,28,31). The number of aromatic nitrogens is 3. The van der Waals surface area contributed by atoms with Gasteiger partial charge in [-0.25, -0.2) is 9.37 Å². The van der Waals surface area contributed by atoms with E-state index in [4.69, 9.17) is 10.5 Å². The highest BCUT2D eigenvalue weighted by Crippen LogP contribution is 2.35. The Morgan fingerprint density at radius 2 is 2.21 bits per heavy atom. The first-order chi connectivity index (χ1) is 16.4. The first-order valence-electron chi connectivity index (χ1n) is 10.4. The zero-order chi connectivity index (χ0) is 23.8. The van der Waals surface area contributed by atoms with Gasteiger partial charge in [-0.15, -0.1) is 11.3 Å². The average Bonchev–Trinajstić information content (AvgIpc) is 3.50. The second kappa shape index (κ2) is 8.82. The van der Waals surface area contributed by atoms with Gasteiger partial charge < -0.3 is 20.9 Å². The van der Waals surface area contributed by atoms with Gasteiger partial charge in [-0.1, -0.05) is 18.2 Å². The summed E-state index contributed by atoms with van der Waals surface area (Å²) in [6.45, 7) is 1.80. The number of aliphatic hydroxyl groups is 1. The predicted molar refractivity (Wildman–Crippen MR) is 128 cm³/mol. The number of nitrogens with zero attached hydrogens (tertiary/aromatic N) is 2. The van der Waals surface area contributed by atoms with Gasteiger partial charge in [0, 0.05) is 39.6 Å². The Kier molecular flexibility index (Phi) is 5.70. The van der Waals surface area contributed by atoms with Crippen LogP contribution in [0.3, 0.4) is 0 Å². The Bertz CT molecular complexity index is 1470. The van der Waals surface area contributed by atoms with Crippen molar-refractivity contribution in [3.8, 4) is 11.1 Å². The minimum atomic E-state index is -0.986. The van der Waals surface area contributed by atoms with Crippen molar-refractivity contribution in [2.75, 3.05) is 5.32 Å². The smallest absolute Gasteiger partial charge is 0.275 e. The number of hydrogen-bond donors (Lipinski definition) is 4. The molecule has 0 radical (unpaired) electrons. The summed E-state index contributed by atoms with van der Waals surface area (Å²) in [6, 6.07) is 8.48. The van der Waals surface area contributed by atoms with E-state index in [1.807, 2.05) is 0 Å². The molecule has 3 heterocycles. The van der Waals surface area contributed by atoms with Crippen LogP contribution < -0.4 is 11.1 Å². The number of fused-ring (bicyclic) bond motifs is 1. The molecule has 34 heavy (non-hydrogen) atoms. The van der Waals surface area contributed by atoms with Gasteiger partial charge in [0.25, 0.3) is 5.91 Å². The lowest BCUT2D eigenvalue weighted by Gasteiger charge is -2.16. The molecule has 5 rings (SSSR count). The number of hydrogen-bond acceptors (Lipinski definition) is 7. The molecule has 0 bridgehead atoms. The maximum atomic E-state index is 15.1. The zero-order valence-corrected chi connectivity index (χ0v) is 18.8. The molecule has 1 aliphatic heterocycles. The number of carbonyl (C=O) groups excluding carboxylic acids is 1. The highest BCUT2D eigenvalue weighted by atomic mass is 32.1. The average molecular weight is 478 g/mol. The van der Waals surface area contributed by atoms with Gasteiger partial charge >= 0.3 is 0 Å². The number of halogens is 1. The van der Waals surface area contributed by atoms with Crippen molar-refractivity contribution in [2.45, 2.75) is 19.8 Å². The fraction of sp³-hybridized carbons (Fsp3) is 0.125. The van der Waals surface area contributed by atoms with E-state index in [-0.39, 0.29) is 12.2 Å². The van der Waals surface area contributed by atoms with Crippen LogP contribution >= 0.6 is 11.3 Å². The third-order valence-corrected chi connectivity index (χ3v) is 6.39. The summed E-state index contributed by atoms with van der Waals surface area (Å²) in [5.41, 5.74) is 9.48. The van der Waals surface area contributed by atoms with Crippen LogP contribution in [0, 0.1) is 5.82 Å². The third-order valence-electron chi connectivity index (χ3n) is 5.50. The number of carbonyl (C=O) groups is 1. The molecule has 1 atom stereocenters. The molecular formula is C24H20FN5O3S. The Morgan fingerprint density at radius 1 is 1.35 bits per heavy atom. The molecule has 2 aromatic carbocycles. The van der Waals surface area contributed by atoms with Gasteiger partial charge in [-0.05, 0) is 30.7 Å². The van der Waals surface area contributed by atoms with Gasteiger partial charge in [0.1, 0.15) is 16.5 Å². The van der Waals surface area contributed by atoms with Crippen LogP contribution in [0.1, 0.15) is 28.0 Å². The number of benzene rings is 2. The van der Waals surface area contributed by atoms with Gasteiger partial charge in [-0.2, -0.15) is 5.10 Å². The number of anilines is 1. The second-order valence-electron chi connectivity index (χ2n) is 7.78. The molecule has 10 heteroatoms. The van der Waals surface area contributed by atoms with Crippen molar-refractivity contribution in [2.24, 2.45) is 5.73 Å². The van der Waals surface area contributed by atoms with Gasteiger partial charge in [0.05, 0.1) is 23.7 Å². The van der Waals surface area contributed by atoms with Crippen LogP contribution in [0.2, 0.25) is 0 Å². The number of amides is 1. The fourth-order valence-electron chi connectivity index (χ4n) is 3.67. The zero-order valence-electron chi connectivity index (χ0n) is 18.0. The third kappa shape index (κ3) is 3.98. The van der Waals surface area contributed by atoms with Crippen molar-refractivity contribution in [1.82, 2.24) is 15.2 Å². The van der Waals surface area contributed by atoms with E-state index in [2.05, 4.69) is 20.5 Å². The van der Waals surface area contributed by atoms with E-state index in [1.165, 1.54) is 17.6 Å². The summed E-state index contributed by atoms with van der Waals surface area (Å²) < 4.78 is 20.3. The monoisotopic (exact) mass is 477 g/mol. The van der Waals surface area contributed by atoms with E-state index in [1.54, 1.807) is 54.9 Å². The molecule has 0 aliphatic carbocycles. The summed E-state index contributed by atoms with van der Waals surface area (Å²) in [7, 11) is 0. The van der Waals surface area contributed by atoms with Crippen LogP contribution in [0.5, 0.6) is 0 Å². The molecule has 4 aromatic rings. The van der Waals surface area contributed by atoms with Gasteiger partial charge in [0.15, 0.2) is 0 Å². The van der Waals surface area contributed by atoms with Crippen molar-refractivity contribution >= 4 is 39.4 Å². The van der Waals surface area contributed by atoms with Crippen LogP contribution in [-0.2, 0) is 11.3 Å². The van der Waals surface area contributed by atoms with Crippen LogP contribution in [0.15, 0.2) is 59.8 Å². The lowest BCUT2D eigenvalue weighted by molar-refractivity contribution is -0.0219. The molecule has 0 saturated carbocycles. The molecule has 5 N–H and O–H groups in total. The number of aliphatic hydroxyl groups excluding tert-OH is 1. The topological polar surface area (TPSA) is 126 Å². The van der Waals surface area contributed by atoms with Gasteiger partial charge in [0.2, 0.25) is 6.29 Å². The molecule has 1 unspecified atom stereocenters. The van der Waals surface area contributed by atoms with Crippen molar-refractivity contribution < 1.29 is 19.0 Å².